The van der Waals surface area contributed by atoms with Gasteiger partial charge in [-0.1, -0.05) is 37.3 Å². The van der Waals surface area contributed by atoms with Gasteiger partial charge >= 0.3 is 6.09 Å². The fourth-order valence-electron chi connectivity index (χ4n) is 4.09. The van der Waals surface area contributed by atoms with Crippen molar-refractivity contribution < 1.29 is 43.5 Å². The first-order valence-corrected chi connectivity index (χ1v) is 12.7. The lowest BCUT2D eigenvalue weighted by Crippen LogP contribution is -2.52. The molecule has 1 aromatic carbocycles. The van der Waals surface area contributed by atoms with Gasteiger partial charge in [-0.3, -0.25) is 9.59 Å². The number of carbonyl (C=O) groups is 3. The summed E-state index contributed by atoms with van der Waals surface area (Å²) in [5.74, 6) is -3.95. The highest BCUT2D eigenvalue weighted by atomic mass is 79.9. The van der Waals surface area contributed by atoms with E-state index in [-0.39, 0.29) is 30.7 Å². The van der Waals surface area contributed by atoms with E-state index in [2.05, 4.69) is 15.9 Å². The lowest BCUT2D eigenvalue weighted by molar-refractivity contribution is -0.217. The Balaban J connectivity index is 1.60. The minimum absolute atomic E-state index is 0.0574. The number of nitrogens with zero attached hydrogens (tertiary/aromatic N) is 1. The molecule has 3 rings (SSSR count). The second-order valence-corrected chi connectivity index (χ2v) is 9.54. The summed E-state index contributed by atoms with van der Waals surface area (Å²) in [6.45, 7) is 2.72. The molecule has 0 unspecified atom stereocenters. The lowest BCUT2D eigenvalue weighted by atomic mass is 9.93. The number of aliphatic hydroxyl groups is 2. The lowest BCUT2D eigenvalue weighted by Gasteiger charge is -2.37. The Hall–Kier alpha value is -2.15. The van der Waals surface area contributed by atoms with Gasteiger partial charge in [-0.25, -0.2) is 9.69 Å². The smallest absolute Gasteiger partial charge is 0.416 e. The van der Waals surface area contributed by atoms with Crippen molar-refractivity contribution in [3.8, 4) is 0 Å². The summed E-state index contributed by atoms with van der Waals surface area (Å²) in [7, 11) is 0. The number of hydrogen-bond acceptors (Lipinski definition) is 9. The molecule has 0 aromatic heterocycles. The predicted molar refractivity (Wildman–Crippen MR) is 131 cm³/mol. The minimum atomic E-state index is -1.82. The predicted octanol–water partition coefficient (Wildman–Crippen LogP) is 1.95. The largest absolute Gasteiger partial charge is 0.447 e. The zero-order valence-electron chi connectivity index (χ0n) is 20.1. The van der Waals surface area contributed by atoms with Gasteiger partial charge in [-0.05, 0) is 40.4 Å². The summed E-state index contributed by atoms with van der Waals surface area (Å²) in [4.78, 5) is 39.5. The van der Waals surface area contributed by atoms with Crippen molar-refractivity contribution in [2.45, 2.75) is 44.1 Å². The number of amides is 2. The van der Waals surface area contributed by atoms with E-state index in [4.69, 9.17) is 24.1 Å². The number of halogens is 1. The highest BCUT2D eigenvalue weighted by Gasteiger charge is 2.48. The topological polar surface area (TPSA) is 132 Å². The van der Waals surface area contributed by atoms with Gasteiger partial charge in [-0.15, -0.1) is 0 Å². The third kappa shape index (κ3) is 7.21. The number of ketones is 1. The number of ether oxygens (including phenoxy) is 4. The summed E-state index contributed by atoms with van der Waals surface area (Å²) in [5, 5.41) is 19.8. The van der Waals surface area contributed by atoms with Crippen molar-refractivity contribution >= 4 is 33.7 Å². The Morgan fingerprint density at radius 1 is 1.19 bits per heavy atom. The van der Waals surface area contributed by atoms with Gasteiger partial charge in [0.1, 0.15) is 12.7 Å². The van der Waals surface area contributed by atoms with Crippen molar-refractivity contribution in [2.24, 2.45) is 5.92 Å². The first-order chi connectivity index (χ1) is 17.3. The molecule has 2 aliphatic rings. The van der Waals surface area contributed by atoms with Crippen molar-refractivity contribution in [1.82, 2.24) is 4.90 Å². The van der Waals surface area contributed by atoms with E-state index in [0.717, 1.165) is 10.5 Å². The fourth-order valence-corrected chi connectivity index (χ4v) is 4.60. The Kier molecular flexibility index (Phi) is 10.6. The Morgan fingerprint density at radius 3 is 2.58 bits per heavy atom. The van der Waals surface area contributed by atoms with E-state index in [1.54, 1.807) is 0 Å². The van der Waals surface area contributed by atoms with Crippen LogP contribution in [0.1, 0.15) is 25.3 Å². The molecule has 36 heavy (non-hydrogen) atoms. The molecule has 0 saturated carbocycles. The van der Waals surface area contributed by atoms with E-state index in [1.807, 2.05) is 30.3 Å². The van der Waals surface area contributed by atoms with Crippen molar-refractivity contribution in [3.63, 3.8) is 0 Å². The number of carbonyl (C=O) groups excluding carboxylic acids is 3. The van der Waals surface area contributed by atoms with Crippen molar-refractivity contribution in [2.75, 3.05) is 39.6 Å². The Morgan fingerprint density at radius 2 is 1.89 bits per heavy atom. The maximum Gasteiger partial charge on any atom is 0.416 e. The standard InChI is InChI=1S/C25H32BrNO9/c1-17(23(30)27-19(16-35-24(27)31)14-18-6-3-2-4-7-18)22-20(29)15-21(26)25(32,36-22)8-5-10-33-12-13-34-11-9-28/h2-4,6-7,15,17,19,22,28,32H,5,8-14,16H2,1H3/t17-,19-,22+,25+/m1/s1. The van der Waals surface area contributed by atoms with E-state index < -0.39 is 41.6 Å². The van der Waals surface area contributed by atoms with Gasteiger partial charge in [0.05, 0.1) is 42.9 Å². The van der Waals surface area contributed by atoms with Crippen molar-refractivity contribution in [1.29, 1.82) is 0 Å². The molecule has 11 heteroatoms. The number of imide groups is 1. The van der Waals surface area contributed by atoms with Crippen LogP contribution in [0.4, 0.5) is 4.79 Å². The molecule has 0 bridgehead atoms. The molecule has 0 radical (unpaired) electrons. The second kappa shape index (κ2) is 13.4. The van der Waals surface area contributed by atoms with Gasteiger partial charge < -0.3 is 29.2 Å². The van der Waals surface area contributed by atoms with Crippen LogP contribution < -0.4 is 0 Å². The summed E-state index contributed by atoms with van der Waals surface area (Å²) in [6, 6.07) is 8.92. The third-order valence-corrected chi connectivity index (χ3v) is 6.86. The minimum Gasteiger partial charge on any atom is -0.447 e. The van der Waals surface area contributed by atoms with Crippen LogP contribution in [0.25, 0.3) is 0 Å². The molecule has 2 heterocycles. The number of benzene rings is 1. The van der Waals surface area contributed by atoms with Crippen LogP contribution >= 0.6 is 15.9 Å². The number of rotatable bonds is 13. The second-order valence-electron chi connectivity index (χ2n) is 8.69. The van der Waals surface area contributed by atoms with Crippen LogP contribution in [0.15, 0.2) is 40.9 Å². The number of cyclic esters (lactones) is 1. The van der Waals surface area contributed by atoms with Crippen molar-refractivity contribution in [3.05, 3.63) is 46.5 Å². The van der Waals surface area contributed by atoms with Crippen LogP contribution in [0.5, 0.6) is 0 Å². The summed E-state index contributed by atoms with van der Waals surface area (Å²) < 4.78 is 21.6. The molecule has 10 nitrogen and oxygen atoms in total. The molecule has 2 aliphatic heterocycles. The average molecular weight is 570 g/mol. The van der Waals surface area contributed by atoms with E-state index in [9.17, 15) is 19.5 Å². The van der Waals surface area contributed by atoms with Crippen LogP contribution in [-0.2, 0) is 35.0 Å². The molecule has 1 saturated heterocycles. The quantitative estimate of drug-likeness (QED) is 0.342. The summed E-state index contributed by atoms with van der Waals surface area (Å²) in [5.41, 5.74) is 0.944. The van der Waals surface area contributed by atoms with Gasteiger partial charge in [0.25, 0.3) is 0 Å². The third-order valence-electron chi connectivity index (χ3n) is 6.01. The molecular formula is C25H32BrNO9. The van der Waals surface area contributed by atoms with Gasteiger partial charge in [0, 0.05) is 13.0 Å². The Bertz CT molecular complexity index is 941. The first-order valence-electron chi connectivity index (χ1n) is 11.9. The summed E-state index contributed by atoms with van der Waals surface area (Å²) >= 11 is 3.21. The van der Waals surface area contributed by atoms with E-state index in [1.165, 1.54) is 13.0 Å². The molecule has 0 aliphatic carbocycles. The zero-order chi connectivity index (χ0) is 26.1. The molecule has 2 amide bonds. The highest BCUT2D eigenvalue weighted by Crippen LogP contribution is 2.36. The number of aliphatic hydroxyl groups excluding tert-OH is 1. The monoisotopic (exact) mass is 569 g/mol. The van der Waals surface area contributed by atoms with Gasteiger partial charge in [-0.2, -0.15) is 0 Å². The van der Waals surface area contributed by atoms with Crippen LogP contribution in [0.3, 0.4) is 0 Å². The van der Waals surface area contributed by atoms with Gasteiger partial charge in [0.15, 0.2) is 11.6 Å². The maximum absolute atomic E-state index is 13.3. The van der Waals surface area contributed by atoms with E-state index >= 15 is 0 Å². The van der Waals surface area contributed by atoms with Gasteiger partial charge in [0.2, 0.25) is 5.91 Å². The maximum atomic E-state index is 13.3. The Labute approximate surface area is 218 Å². The first kappa shape index (κ1) is 28.4. The van der Waals surface area contributed by atoms with Crippen LogP contribution in [0.2, 0.25) is 0 Å². The molecule has 1 fully saturated rings. The molecule has 1 aromatic rings. The normalized spacial score (nSPS) is 25.0. The highest BCUT2D eigenvalue weighted by molar-refractivity contribution is 9.11. The number of hydrogen-bond donors (Lipinski definition) is 2. The molecule has 2 N–H and O–H groups in total. The molecule has 198 valence electrons. The molecule has 4 atom stereocenters. The molecular weight excluding hydrogens is 538 g/mol. The zero-order valence-corrected chi connectivity index (χ0v) is 21.7. The molecule has 0 spiro atoms. The van der Waals surface area contributed by atoms with Crippen LogP contribution in [0, 0.1) is 5.92 Å². The fraction of sp³-hybridized carbons (Fsp3) is 0.560. The summed E-state index contributed by atoms with van der Waals surface area (Å²) in [6.07, 6.45) is 0.107. The SMILES string of the molecule is C[C@@H](C(=O)N1C(=O)OC[C@H]1Cc1ccccc1)[C@@H]1O[C@@](O)(CCCOCCOCCO)C(Br)=CC1=O. The van der Waals surface area contributed by atoms with E-state index in [0.29, 0.717) is 32.7 Å². The average Bonchev–Trinajstić information content (AvgIpc) is 3.22. The van der Waals surface area contributed by atoms with Crippen LogP contribution in [-0.4, -0.2) is 90.5 Å².